The predicted octanol–water partition coefficient (Wildman–Crippen LogP) is 3.70. The van der Waals surface area contributed by atoms with Crippen LogP contribution in [-0.2, 0) is 10.2 Å². The van der Waals surface area contributed by atoms with Crippen LogP contribution in [0.2, 0.25) is 0 Å². The highest BCUT2D eigenvalue weighted by Crippen LogP contribution is 2.42. The van der Waals surface area contributed by atoms with E-state index in [0.29, 0.717) is 0 Å². The van der Waals surface area contributed by atoms with E-state index in [4.69, 9.17) is 4.98 Å². The summed E-state index contributed by atoms with van der Waals surface area (Å²) < 4.78 is 0. The normalized spacial score (nSPS) is 15.5. The van der Waals surface area contributed by atoms with Crippen molar-refractivity contribution in [3.63, 3.8) is 0 Å². The minimum Gasteiger partial charge on any atom is -0.344 e. The maximum Gasteiger partial charge on any atom is 0.236 e. The molecule has 0 unspecified atom stereocenters. The number of aryl methyl sites for hydroxylation is 1. The number of hydrogen-bond acceptors (Lipinski definition) is 3. The van der Waals surface area contributed by atoms with Gasteiger partial charge in [0.1, 0.15) is 5.82 Å². The molecule has 0 saturated carbocycles. The first-order valence-corrected chi connectivity index (χ1v) is 8.29. The second-order valence-corrected chi connectivity index (χ2v) is 7.04. The molecule has 1 aromatic carbocycles. The van der Waals surface area contributed by atoms with Crippen LogP contribution in [0.3, 0.4) is 0 Å². The summed E-state index contributed by atoms with van der Waals surface area (Å²) in [4.78, 5) is 26.4. The second-order valence-electron chi connectivity index (χ2n) is 7.04. The predicted molar refractivity (Wildman–Crippen MR) is 98.4 cm³/mol. The molecule has 1 amide bonds. The van der Waals surface area contributed by atoms with Crippen LogP contribution in [0, 0.1) is 6.92 Å². The molecule has 3 heterocycles. The van der Waals surface area contributed by atoms with Gasteiger partial charge in [-0.2, -0.15) is 0 Å². The molecule has 0 radical (unpaired) electrons. The van der Waals surface area contributed by atoms with E-state index in [2.05, 4.69) is 9.97 Å². The third kappa shape index (κ3) is 2.35. The molecule has 0 aliphatic carbocycles. The van der Waals surface area contributed by atoms with E-state index in [1.165, 1.54) is 0 Å². The summed E-state index contributed by atoms with van der Waals surface area (Å²) in [6.07, 6.45) is 3.69. The van der Waals surface area contributed by atoms with Gasteiger partial charge in [0.05, 0.1) is 11.1 Å². The standard InChI is InChI=1S/C20H20N4O/c1-12-9-13(7-8-21-12)16-11-22-18(23-16)14-5-6-15-17(10-14)24(4)19(25)20(15,2)3/h5-11H,1-4H3,(H,22,23). The Bertz CT molecular complexity index is 987. The summed E-state index contributed by atoms with van der Waals surface area (Å²) in [6.45, 7) is 5.90. The fourth-order valence-electron chi connectivity index (χ4n) is 3.45. The number of hydrogen-bond donors (Lipinski definition) is 1. The highest BCUT2D eigenvalue weighted by molar-refractivity contribution is 6.07. The molecule has 0 saturated heterocycles. The average molecular weight is 332 g/mol. The van der Waals surface area contributed by atoms with Crippen molar-refractivity contribution in [2.45, 2.75) is 26.2 Å². The van der Waals surface area contributed by atoms with Crippen molar-refractivity contribution in [2.75, 3.05) is 11.9 Å². The Hall–Kier alpha value is -2.95. The van der Waals surface area contributed by atoms with Crippen LogP contribution in [0.4, 0.5) is 5.69 Å². The molecule has 0 spiro atoms. The smallest absolute Gasteiger partial charge is 0.236 e. The molecule has 0 fully saturated rings. The minimum absolute atomic E-state index is 0.118. The van der Waals surface area contributed by atoms with Gasteiger partial charge in [0.2, 0.25) is 5.91 Å². The van der Waals surface area contributed by atoms with Crippen LogP contribution in [0.5, 0.6) is 0 Å². The molecule has 1 aliphatic rings. The van der Waals surface area contributed by atoms with Gasteiger partial charge >= 0.3 is 0 Å². The number of pyridine rings is 1. The van der Waals surface area contributed by atoms with Crippen molar-refractivity contribution in [3.8, 4) is 22.6 Å². The maximum absolute atomic E-state index is 12.4. The molecule has 0 bridgehead atoms. The Morgan fingerprint density at radius 3 is 2.68 bits per heavy atom. The number of rotatable bonds is 2. The highest BCUT2D eigenvalue weighted by Gasteiger charge is 2.42. The van der Waals surface area contributed by atoms with Gasteiger partial charge in [0, 0.05) is 41.9 Å². The number of aromatic amines is 1. The van der Waals surface area contributed by atoms with E-state index in [0.717, 1.165) is 39.6 Å². The Balaban J connectivity index is 1.74. The van der Waals surface area contributed by atoms with E-state index in [1.807, 2.05) is 64.3 Å². The monoisotopic (exact) mass is 332 g/mol. The zero-order chi connectivity index (χ0) is 17.8. The van der Waals surface area contributed by atoms with E-state index >= 15 is 0 Å². The maximum atomic E-state index is 12.4. The fraction of sp³-hybridized carbons (Fsp3) is 0.250. The van der Waals surface area contributed by atoms with Gasteiger partial charge in [-0.25, -0.2) is 4.98 Å². The van der Waals surface area contributed by atoms with Crippen LogP contribution in [0.1, 0.15) is 25.1 Å². The number of H-pyrrole nitrogens is 1. The summed E-state index contributed by atoms with van der Waals surface area (Å²) in [7, 11) is 1.83. The van der Waals surface area contributed by atoms with Crippen molar-refractivity contribution < 1.29 is 4.79 Å². The first-order valence-electron chi connectivity index (χ1n) is 8.29. The number of anilines is 1. The SMILES string of the molecule is Cc1cc(-c2c[nH]c(-c3ccc4c(c3)N(C)C(=O)C4(C)C)n2)ccn1. The fourth-order valence-corrected chi connectivity index (χ4v) is 3.45. The number of fused-ring (bicyclic) bond motifs is 1. The highest BCUT2D eigenvalue weighted by atomic mass is 16.2. The largest absolute Gasteiger partial charge is 0.344 e. The van der Waals surface area contributed by atoms with E-state index < -0.39 is 5.41 Å². The quantitative estimate of drug-likeness (QED) is 0.778. The molecule has 3 aromatic rings. The van der Waals surface area contributed by atoms with Gasteiger partial charge in [-0.15, -0.1) is 0 Å². The number of nitrogens with zero attached hydrogens (tertiary/aromatic N) is 3. The molecular formula is C20H20N4O. The van der Waals surface area contributed by atoms with Crippen molar-refractivity contribution in [2.24, 2.45) is 0 Å². The number of imidazole rings is 1. The Morgan fingerprint density at radius 2 is 1.92 bits per heavy atom. The summed E-state index contributed by atoms with van der Waals surface area (Å²) in [5.74, 6) is 0.907. The van der Waals surface area contributed by atoms with Crippen LogP contribution in [0.15, 0.2) is 42.7 Å². The first-order chi connectivity index (χ1) is 11.9. The number of carbonyl (C=O) groups excluding carboxylic acids is 1. The molecule has 126 valence electrons. The van der Waals surface area contributed by atoms with Crippen LogP contribution in [0.25, 0.3) is 22.6 Å². The lowest BCUT2D eigenvalue weighted by atomic mass is 9.86. The summed E-state index contributed by atoms with van der Waals surface area (Å²) in [5.41, 5.74) is 5.36. The van der Waals surface area contributed by atoms with Crippen LogP contribution >= 0.6 is 0 Å². The van der Waals surface area contributed by atoms with Gasteiger partial charge in [0.15, 0.2) is 0 Å². The Labute approximate surface area is 146 Å². The summed E-state index contributed by atoms with van der Waals surface area (Å²) >= 11 is 0. The summed E-state index contributed by atoms with van der Waals surface area (Å²) in [6, 6.07) is 10.0. The third-order valence-electron chi connectivity index (χ3n) is 4.92. The molecule has 1 N–H and O–H groups in total. The summed E-state index contributed by atoms with van der Waals surface area (Å²) in [5, 5.41) is 0. The number of amides is 1. The minimum atomic E-state index is -0.481. The topological polar surface area (TPSA) is 61.9 Å². The van der Waals surface area contributed by atoms with Gasteiger partial charge in [-0.05, 0) is 44.5 Å². The Morgan fingerprint density at radius 1 is 1.12 bits per heavy atom. The number of benzene rings is 1. The average Bonchev–Trinajstić information content (AvgIpc) is 3.15. The van der Waals surface area contributed by atoms with E-state index in [1.54, 1.807) is 11.1 Å². The van der Waals surface area contributed by atoms with Crippen molar-refractivity contribution >= 4 is 11.6 Å². The lowest BCUT2D eigenvalue weighted by molar-refractivity contribution is -0.121. The molecule has 1 aliphatic heterocycles. The lowest BCUT2D eigenvalue weighted by Crippen LogP contribution is -2.33. The first kappa shape index (κ1) is 15.6. The van der Waals surface area contributed by atoms with Crippen LogP contribution < -0.4 is 4.90 Å². The zero-order valence-electron chi connectivity index (χ0n) is 14.8. The van der Waals surface area contributed by atoms with E-state index in [-0.39, 0.29) is 5.91 Å². The molecule has 0 atom stereocenters. The molecule has 5 nitrogen and oxygen atoms in total. The number of aromatic nitrogens is 3. The Kier molecular flexibility index (Phi) is 3.29. The third-order valence-corrected chi connectivity index (χ3v) is 4.92. The van der Waals surface area contributed by atoms with Crippen molar-refractivity contribution in [3.05, 3.63) is 54.0 Å². The van der Waals surface area contributed by atoms with Crippen molar-refractivity contribution in [1.29, 1.82) is 0 Å². The van der Waals surface area contributed by atoms with Crippen LogP contribution in [-0.4, -0.2) is 27.9 Å². The molecule has 4 rings (SSSR count). The molecular weight excluding hydrogens is 312 g/mol. The van der Waals surface area contributed by atoms with Gasteiger partial charge < -0.3 is 9.88 Å². The molecule has 25 heavy (non-hydrogen) atoms. The van der Waals surface area contributed by atoms with Gasteiger partial charge in [0.25, 0.3) is 0 Å². The molecule has 2 aromatic heterocycles. The van der Waals surface area contributed by atoms with Gasteiger partial charge in [-0.3, -0.25) is 9.78 Å². The molecule has 5 heteroatoms. The van der Waals surface area contributed by atoms with Crippen molar-refractivity contribution in [1.82, 2.24) is 15.0 Å². The number of likely N-dealkylation sites (N-methyl/N-ethyl adjacent to an activating group) is 1. The second kappa shape index (κ2) is 5.28. The number of nitrogens with one attached hydrogen (secondary N) is 1. The van der Waals surface area contributed by atoms with Gasteiger partial charge in [-0.1, -0.05) is 12.1 Å². The number of carbonyl (C=O) groups is 1. The lowest BCUT2D eigenvalue weighted by Gasteiger charge is -2.16. The zero-order valence-corrected chi connectivity index (χ0v) is 14.8. The van der Waals surface area contributed by atoms with E-state index in [9.17, 15) is 4.79 Å².